The van der Waals surface area contributed by atoms with Gasteiger partial charge in [0.05, 0.1) is 7.11 Å². The minimum atomic E-state index is 0.883. The number of methoxy groups -OCH3 is 1. The van der Waals surface area contributed by atoms with E-state index in [0.29, 0.717) is 0 Å². The van der Waals surface area contributed by atoms with E-state index < -0.39 is 0 Å². The Labute approximate surface area is 120 Å². The van der Waals surface area contributed by atoms with Gasteiger partial charge in [-0.3, -0.25) is 0 Å². The van der Waals surface area contributed by atoms with Gasteiger partial charge in [-0.05, 0) is 49.4 Å². The van der Waals surface area contributed by atoms with Gasteiger partial charge < -0.3 is 10.1 Å². The highest BCUT2D eigenvalue weighted by Gasteiger charge is 2.20. The highest BCUT2D eigenvalue weighted by Crippen LogP contribution is 2.33. The lowest BCUT2D eigenvalue weighted by molar-refractivity contribution is 0.419. The minimum Gasteiger partial charge on any atom is -0.494 e. The first-order valence-corrected chi connectivity index (χ1v) is 7.53. The molecule has 2 aromatic rings. The molecule has 1 aliphatic rings. The number of aryl methyl sites for hydroxylation is 1. The molecule has 1 aliphatic carbocycles. The van der Waals surface area contributed by atoms with E-state index in [-0.39, 0.29) is 0 Å². The van der Waals surface area contributed by atoms with Crippen molar-refractivity contribution >= 4 is 10.9 Å². The molecule has 3 rings (SSSR count). The predicted octanol–water partition coefficient (Wildman–Crippen LogP) is 3.23. The van der Waals surface area contributed by atoms with Crippen molar-refractivity contribution in [2.24, 2.45) is 0 Å². The molecule has 0 fully saturated rings. The molecule has 3 nitrogen and oxygen atoms in total. The number of benzene rings is 1. The Balaban J connectivity index is 2.14. The molecule has 0 amide bonds. The summed E-state index contributed by atoms with van der Waals surface area (Å²) < 4.78 is 5.48. The second-order valence-electron chi connectivity index (χ2n) is 5.40. The quantitative estimate of drug-likeness (QED) is 0.847. The van der Waals surface area contributed by atoms with Crippen LogP contribution in [0.2, 0.25) is 0 Å². The number of nitrogens with zero attached hydrogens (tertiary/aromatic N) is 1. The number of para-hydroxylation sites is 1. The van der Waals surface area contributed by atoms with E-state index in [2.05, 4.69) is 24.4 Å². The molecule has 0 unspecified atom stereocenters. The molecule has 0 saturated heterocycles. The molecule has 106 valence electrons. The number of pyridine rings is 1. The second kappa shape index (κ2) is 5.80. The van der Waals surface area contributed by atoms with Crippen molar-refractivity contribution in [3.05, 3.63) is 35.0 Å². The van der Waals surface area contributed by atoms with Crippen LogP contribution in [0.4, 0.5) is 0 Å². The summed E-state index contributed by atoms with van der Waals surface area (Å²) in [6, 6.07) is 6.24. The number of ether oxygens (including phenoxy) is 1. The summed E-state index contributed by atoms with van der Waals surface area (Å²) in [6.07, 6.45) is 4.65. The van der Waals surface area contributed by atoms with Crippen LogP contribution in [0.5, 0.6) is 5.75 Å². The molecule has 0 radical (unpaired) electrons. The second-order valence-corrected chi connectivity index (χ2v) is 5.40. The van der Waals surface area contributed by atoms with Crippen molar-refractivity contribution in [3.8, 4) is 5.75 Å². The number of fused-ring (bicyclic) bond motifs is 2. The third kappa shape index (κ3) is 2.27. The van der Waals surface area contributed by atoms with Crippen molar-refractivity contribution in [2.45, 2.75) is 39.2 Å². The minimum absolute atomic E-state index is 0.883. The lowest BCUT2D eigenvalue weighted by atomic mass is 10.0. The predicted molar refractivity (Wildman–Crippen MR) is 82.3 cm³/mol. The molecule has 0 atom stereocenters. The van der Waals surface area contributed by atoms with Gasteiger partial charge >= 0.3 is 0 Å². The number of hydrogen-bond acceptors (Lipinski definition) is 3. The lowest BCUT2D eigenvalue weighted by Crippen LogP contribution is -2.16. The van der Waals surface area contributed by atoms with Crippen LogP contribution in [0.15, 0.2) is 18.2 Å². The topological polar surface area (TPSA) is 34.2 Å². The first-order valence-electron chi connectivity index (χ1n) is 7.53. The molecule has 1 heterocycles. The Morgan fingerprint density at radius 3 is 3.00 bits per heavy atom. The summed E-state index contributed by atoms with van der Waals surface area (Å²) in [4.78, 5) is 4.86. The molecule has 0 aliphatic heterocycles. The van der Waals surface area contributed by atoms with Crippen LogP contribution in [-0.2, 0) is 19.4 Å². The molecule has 3 heteroatoms. The van der Waals surface area contributed by atoms with Crippen LogP contribution in [-0.4, -0.2) is 18.6 Å². The largest absolute Gasteiger partial charge is 0.494 e. The third-order valence-electron chi connectivity index (χ3n) is 4.07. The van der Waals surface area contributed by atoms with Crippen molar-refractivity contribution in [1.82, 2.24) is 10.3 Å². The highest BCUT2D eigenvalue weighted by atomic mass is 16.5. The van der Waals surface area contributed by atoms with E-state index in [1.807, 2.05) is 6.07 Å². The molecule has 1 aromatic heterocycles. The van der Waals surface area contributed by atoms with Gasteiger partial charge in [0.1, 0.15) is 11.3 Å². The van der Waals surface area contributed by atoms with E-state index in [4.69, 9.17) is 9.72 Å². The van der Waals surface area contributed by atoms with Crippen LogP contribution in [0.25, 0.3) is 10.9 Å². The summed E-state index contributed by atoms with van der Waals surface area (Å²) >= 11 is 0. The van der Waals surface area contributed by atoms with Gasteiger partial charge in [0.15, 0.2) is 0 Å². The molecular weight excluding hydrogens is 248 g/mol. The molecule has 1 N–H and O–H groups in total. The van der Waals surface area contributed by atoms with Gasteiger partial charge in [0, 0.05) is 17.6 Å². The fraction of sp³-hybridized carbons (Fsp3) is 0.471. The molecule has 0 bridgehead atoms. The van der Waals surface area contributed by atoms with Gasteiger partial charge in [-0.1, -0.05) is 19.1 Å². The van der Waals surface area contributed by atoms with Crippen LogP contribution in [0.1, 0.15) is 36.6 Å². The van der Waals surface area contributed by atoms with Crippen molar-refractivity contribution in [1.29, 1.82) is 0 Å². The van der Waals surface area contributed by atoms with Crippen LogP contribution >= 0.6 is 0 Å². The fourth-order valence-electron chi connectivity index (χ4n) is 3.11. The van der Waals surface area contributed by atoms with Crippen molar-refractivity contribution < 1.29 is 4.74 Å². The zero-order valence-corrected chi connectivity index (χ0v) is 12.3. The van der Waals surface area contributed by atoms with Crippen LogP contribution in [0.3, 0.4) is 0 Å². The zero-order chi connectivity index (χ0) is 13.9. The van der Waals surface area contributed by atoms with E-state index >= 15 is 0 Å². The van der Waals surface area contributed by atoms with E-state index in [1.54, 1.807) is 7.11 Å². The number of rotatable bonds is 5. The number of hydrogen-bond donors (Lipinski definition) is 1. The SMILES string of the molecule is CCCNCc1c2c(nc3c(OC)cccc13)CCC2. The zero-order valence-electron chi connectivity index (χ0n) is 12.3. The Morgan fingerprint density at radius 2 is 2.20 bits per heavy atom. The first-order chi connectivity index (χ1) is 9.85. The van der Waals surface area contributed by atoms with Crippen LogP contribution < -0.4 is 10.1 Å². The maximum Gasteiger partial charge on any atom is 0.145 e. The smallest absolute Gasteiger partial charge is 0.145 e. The molecular formula is C17H22N2O. The first kappa shape index (κ1) is 13.4. The summed E-state index contributed by atoms with van der Waals surface area (Å²) in [5.74, 6) is 0.883. The van der Waals surface area contributed by atoms with Crippen molar-refractivity contribution in [3.63, 3.8) is 0 Å². The summed E-state index contributed by atoms with van der Waals surface area (Å²) in [5.41, 5.74) is 5.18. The lowest BCUT2D eigenvalue weighted by Gasteiger charge is -2.14. The maximum absolute atomic E-state index is 5.48. The number of nitrogens with one attached hydrogen (secondary N) is 1. The van der Waals surface area contributed by atoms with Gasteiger partial charge in [-0.2, -0.15) is 0 Å². The molecule has 20 heavy (non-hydrogen) atoms. The standard InChI is InChI=1S/C17H22N2O/c1-3-10-18-11-14-12-6-4-8-15(12)19-17-13(14)7-5-9-16(17)20-2/h5,7,9,18H,3-4,6,8,10-11H2,1-2H3. The van der Waals surface area contributed by atoms with Crippen molar-refractivity contribution in [2.75, 3.05) is 13.7 Å². The van der Waals surface area contributed by atoms with Gasteiger partial charge in [-0.15, -0.1) is 0 Å². The third-order valence-corrected chi connectivity index (χ3v) is 4.07. The molecule has 0 saturated carbocycles. The Morgan fingerprint density at radius 1 is 1.30 bits per heavy atom. The molecule has 1 aromatic carbocycles. The number of aromatic nitrogens is 1. The van der Waals surface area contributed by atoms with E-state index in [1.165, 1.54) is 35.0 Å². The average molecular weight is 270 g/mol. The summed E-state index contributed by atoms with van der Waals surface area (Å²) in [5, 5.41) is 4.79. The average Bonchev–Trinajstić information content (AvgIpc) is 2.94. The van der Waals surface area contributed by atoms with Gasteiger partial charge in [0.2, 0.25) is 0 Å². The fourth-order valence-corrected chi connectivity index (χ4v) is 3.11. The van der Waals surface area contributed by atoms with E-state index in [9.17, 15) is 0 Å². The molecule has 0 spiro atoms. The van der Waals surface area contributed by atoms with E-state index in [0.717, 1.165) is 37.2 Å². The van der Waals surface area contributed by atoms with Crippen LogP contribution in [0, 0.1) is 0 Å². The Bertz CT molecular complexity index is 622. The summed E-state index contributed by atoms with van der Waals surface area (Å²) in [6.45, 7) is 4.19. The summed E-state index contributed by atoms with van der Waals surface area (Å²) in [7, 11) is 1.72. The highest BCUT2D eigenvalue weighted by molar-refractivity contribution is 5.88. The Hall–Kier alpha value is -1.61. The Kier molecular flexibility index (Phi) is 3.88. The maximum atomic E-state index is 5.48. The van der Waals surface area contributed by atoms with Gasteiger partial charge in [-0.25, -0.2) is 4.98 Å². The monoisotopic (exact) mass is 270 g/mol. The van der Waals surface area contributed by atoms with Gasteiger partial charge in [0.25, 0.3) is 0 Å². The normalized spacial score (nSPS) is 13.7.